The fourth-order valence-electron chi connectivity index (χ4n) is 2.76. The summed E-state index contributed by atoms with van der Waals surface area (Å²) in [5, 5.41) is 2.88. The second-order valence-corrected chi connectivity index (χ2v) is 6.48. The topological polar surface area (TPSA) is 49.4 Å². The molecular weight excluding hydrogens is 276 g/mol. The molecule has 2 amide bonds. The first-order chi connectivity index (χ1) is 10.5. The van der Waals surface area contributed by atoms with Gasteiger partial charge in [-0.3, -0.25) is 9.59 Å². The van der Waals surface area contributed by atoms with E-state index in [9.17, 15) is 9.59 Å². The van der Waals surface area contributed by atoms with Crippen molar-refractivity contribution in [2.75, 3.05) is 13.1 Å². The smallest absolute Gasteiger partial charge is 0.238 e. The maximum atomic E-state index is 12.8. The van der Waals surface area contributed by atoms with Crippen molar-refractivity contribution >= 4 is 11.8 Å². The van der Waals surface area contributed by atoms with Crippen molar-refractivity contribution in [1.29, 1.82) is 0 Å². The SMILES string of the molecule is CCCCNC(=O)C(C)(C)C(=O)N1CCc2ccccc2C1. The van der Waals surface area contributed by atoms with Crippen molar-refractivity contribution in [2.24, 2.45) is 5.41 Å². The number of nitrogens with zero attached hydrogens (tertiary/aromatic N) is 1. The fraction of sp³-hybridized carbons (Fsp3) is 0.556. The molecule has 1 N–H and O–H groups in total. The molecular formula is C18H26N2O2. The van der Waals surface area contributed by atoms with Crippen molar-refractivity contribution in [2.45, 2.75) is 46.6 Å². The number of hydrogen-bond donors (Lipinski definition) is 1. The van der Waals surface area contributed by atoms with Gasteiger partial charge in [0.05, 0.1) is 0 Å². The first kappa shape index (κ1) is 16.5. The van der Waals surface area contributed by atoms with Gasteiger partial charge in [-0.05, 0) is 37.8 Å². The Morgan fingerprint density at radius 2 is 1.91 bits per heavy atom. The molecule has 2 rings (SSSR count). The van der Waals surface area contributed by atoms with E-state index in [1.165, 1.54) is 11.1 Å². The largest absolute Gasteiger partial charge is 0.355 e. The molecule has 0 saturated carbocycles. The van der Waals surface area contributed by atoms with Crippen LogP contribution in [0.15, 0.2) is 24.3 Å². The van der Waals surface area contributed by atoms with Gasteiger partial charge >= 0.3 is 0 Å². The number of hydrogen-bond acceptors (Lipinski definition) is 2. The van der Waals surface area contributed by atoms with Crippen LogP contribution in [0.2, 0.25) is 0 Å². The Kier molecular flexibility index (Phi) is 5.22. The highest BCUT2D eigenvalue weighted by atomic mass is 16.2. The highest BCUT2D eigenvalue weighted by Gasteiger charge is 2.39. The van der Waals surface area contributed by atoms with Gasteiger partial charge < -0.3 is 10.2 Å². The molecule has 0 radical (unpaired) electrons. The lowest BCUT2D eigenvalue weighted by molar-refractivity contribution is -0.149. The molecule has 0 saturated heterocycles. The highest BCUT2D eigenvalue weighted by molar-refractivity contribution is 6.04. The molecule has 120 valence electrons. The van der Waals surface area contributed by atoms with Gasteiger partial charge in [-0.25, -0.2) is 0 Å². The van der Waals surface area contributed by atoms with Gasteiger partial charge in [0.1, 0.15) is 5.41 Å². The molecule has 1 aliphatic heterocycles. The van der Waals surface area contributed by atoms with Crippen LogP contribution >= 0.6 is 0 Å². The Hall–Kier alpha value is -1.84. The minimum absolute atomic E-state index is 0.0870. The molecule has 0 bridgehead atoms. The van der Waals surface area contributed by atoms with E-state index in [1.807, 2.05) is 17.0 Å². The second-order valence-electron chi connectivity index (χ2n) is 6.48. The zero-order chi connectivity index (χ0) is 16.2. The maximum Gasteiger partial charge on any atom is 0.238 e. The van der Waals surface area contributed by atoms with E-state index in [-0.39, 0.29) is 11.8 Å². The van der Waals surface area contributed by atoms with Gasteiger partial charge in [-0.15, -0.1) is 0 Å². The second kappa shape index (κ2) is 6.95. The van der Waals surface area contributed by atoms with E-state index in [4.69, 9.17) is 0 Å². The number of unbranched alkanes of at least 4 members (excludes halogenated alkanes) is 1. The number of nitrogens with one attached hydrogen (secondary N) is 1. The predicted molar refractivity (Wildman–Crippen MR) is 87.3 cm³/mol. The Bertz CT molecular complexity index is 552. The van der Waals surface area contributed by atoms with Crippen LogP contribution in [-0.4, -0.2) is 29.8 Å². The fourth-order valence-corrected chi connectivity index (χ4v) is 2.76. The molecule has 1 aliphatic rings. The van der Waals surface area contributed by atoms with Crippen LogP contribution in [0.4, 0.5) is 0 Å². The minimum Gasteiger partial charge on any atom is -0.355 e. The predicted octanol–water partition coefficient (Wildman–Crippen LogP) is 2.51. The van der Waals surface area contributed by atoms with Gasteiger partial charge in [0, 0.05) is 19.6 Å². The minimum atomic E-state index is -1.01. The number of benzene rings is 1. The van der Waals surface area contributed by atoms with Gasteiger partial charge in [-0.2, -0.15) is 0 Å². The van der Waals surface area contributed by atoms with Crippen LogP contribution in [0.1, 0.15) is 44.7 Å². The summed E-state index contributed by atoms with van der Waals surface area (Å²) in [5.41, 5.74) is 1.47. The van der Waals surface area contributed by atoms with Crippen molar-refractivity contribution in [3.8, 4) is 0 Å². The van der Waals surface area contributed by atoms with Crippen molar-refractivity contribution in [3.05, 3.63) is 35.4 Å². The summed E-state index contributed by atoms with van der Waals surface area (Å²) in [6, 6.07) is 8.19. The summed E-state index contributed by atoms with van der Waals surface area (Å²) < 4.78 is 0. The third kappa shape index (κ3) is 3.49. The third-order valence-corrected chi connectivity index (χ3v) is 4.34. The molecule has 1 aromatic carbocycles. The van der Waals surface area contributed by atoms with Crippen LogP contribution < -0.4 is 5.32 Å². The Balaban J connectivity index is 2.03. The van der Waals surface area contributed by atoms with Crippen molar-refractivity contribution < 1.29 is 9.59 Å². The lowest BCUT2D eigenvalue weighted by atomic mass is 9.88. The average Bonchev–Trinajstić information content (AvgIpc) is 2.53. The van der Waals surface area contributed by atoms with E-state index in [0.29, 0.717) is 19.6 Å². The summed E-state index contributed by atoms with van der Waals surface area (Å²) in [4.78, 5) is 26.9. The Labute approximate surface area is 132 Å². The molecule has 4 nitrogen and oxygen atoms in total. The van der Waals surface area contributed by atoms with Gasteiger partial charge in [0.2, 0.25) is 11.8 Å². The summed E-state index contributed by atoms with van der Waals surface area (Å²) in [6.45, 7) is 7.43. The van der Waals surface area contributed by atoms with Crippen LogP contribution in [0, 0.1) is 5.41 Å². The summed E-state index contributed by atoms with van der Waals surface area (Å²) in [6.07, 6.45) is 2.82. The molecule has 0 unspecified atom stereocenters. The zero-order valence-electron chi connectivity index (χ0n) is 13.8. The molecule has 22 heavy (non-hydrogen) atoms. The van der Waals surface area contributed by atoms with E-state index in [1.54, 1.807) is 13.8 Å². The molecule has 0 aliphatic carbocycles. The average molecular weight is 302 g/mol. The lowest BCUT2D eigenvalue weighted by Crippen LogP contribution is -2.50. The van der Waals surface area contributed by atoms with E-state index >= 15 is 0 Å². The van der Waals surface area contributed by atoms with E-state index in [2.05, 4.69) is 24.4 Å². The summed E-state index contributed by atoms with van der Waals surface area (Å²) in [5.74, 6) is -0.263. The first-order valence-corrected chi connectivity index (χ1v) is 8.11. The lowest BCUT2D eigenvalue weighted by Gasteiger charge is -2.34. The summed E-state index contributed by atoms with van der Waals surface area (Å²) in [7, 11) is 0. The molecule has 0 aromatic heterocycles. The van der Waals surface area contributed by atoms with Crippen molar-refractivity contribution in [3.63, 3.8) is 0 Å². The Morgan fingerprint density at radius 1 is 1.23 bits per heavy atom. The number of amides is 2. The third-order valence-electron chi connectivity index (χ3n) is 4.34. The molecule has 4 heteroatoms. The number of carbonyl (C=O) groups is 2. The molecule has 1 aromatic rings. The molecule has 0 spiro atoms. The van der Waals surface area contributed by atoms with Gasteiger partial charge in [-0.1, -0.05) is 37.6 Å². The van der Waals surface area contributed by atoms with E-state index in [0.717, 1.165) is 19.3 Å². The van der Waals surface area contributed by atoms with Gasteiger partial charge in [0.25, 0.3) is 0 Å². The molecule has 0 atom stereocenters. The Morgan fingerprint density at radius 3 is 2.59 bits per heavy atom. The van der Waals surface area contributed by atoms with Crippen LogP contribution in [0.3, 0.4) is 0 Å². The zero-order valence-corrected chi connectivity index (χ0v) is 13.8. The van der Waals surface area contributed by atoms with Gasteiger partial charge in [0.15, 0.2) is 0 Å². The maximum absolute atomic E-state index is 12.8. The van der Waals surface area contributed by atoms with Crippen LogP contribution in [0.25, 0.3) is 0 Å². The monoisotopic (exact) mass is 302 g/mol. The summed E-state index contributed by atoms with van der Waals surface area (Å²) >= 11 is 0. The standard InChI is InChI=1S/C18H26N2O2/c1-4-5-11-19-16(21)18(2,3)17(22)20-12-10-14-8-6-7-9-15(14)13-20/h6-9H,4-5,10-13H2,1-3H3,(H,19,21). The van der Waals surface area contributed by atoms with Crippen LogP contribution in [-0.2, 0) is 22.6 Å². The number of carbonyl (C=O) groups excluding carboxylic acids is 2. The quantitative estimate of drug-likeness (QED) is 0.671. The van der Waals surface area contributed by atoms with Crippen LogP contribution in [0.5, 0.6) is 0 Å². The first-order valence-electron chi connectivity index (χ1n) is 8.11. The number of fused-ring (bicyclic) bond motifs is 1. The molecule has 1 heterocycles. The van der Waals surface area contributed by atoms with E-state index < -0.39 is 5.41 Å². The number of rotatable bonds is 5. The highest BCUT2D eigenvalue weighted by Crippen LogP contribution is 2.25. The normalized spacial score (nSPS) is 14.4. The van der Waals surface area contributed by atoms with Crippen molar-refractivity contribution in [1.82, 2.24) is 10.2 Å². The molecule has 0 fully saturated rings.